The first-order chi connectivity index (χ1) is 12.3. The van der Waals surface area contributed by atoms with Crippen LogP contribution in [0.15, 0.2) is 66.7 Å². The van der Waals surface area contributed by atoms with Gasteiger partial charge >= 0.3 is 29.6 Å². The quantitative estimate of drug-likeness (QED) is 0.530. The van der Waals surface area contributed by atoms with Gasteiger partial charge in [-0.2, -0.15) is 0 Å². The number of para-hydroxylation sites is 1. The van der Waals surface area contributed by atoms with Gasteiger partial charge in [-0.3, -0.25) is 4.79 Å². The van der Waals surface area contributed by atoms with Gasteiger partial charge in [0.15, 0.2) is 0 Å². The monoisotopic (exact) mass is 388 g/mol. The number of aryl methyl sites for hydroxylation is 2. The van der Waals surface area contributed by atoms with E-state index in [1.54, 1.807) is 68.4 Å². The summed E-state index contributed by atoms with van der Waals surface area (Å²) in [4.78, 5) is 26.1. The maximum atomic E-state index is 13.1. The third kappa shape index (κ3) is 4.11. The van der Waals surface area contributed by atoms with Crippen molar-refractivity contribution in [1.29, 1.82) is 0 Å². The third-order valence-corrected chi connectivity index (χ3v) is 6.16. The number of hydrogen-bond donors (Lipinski definition) is 1. The summed E-state index contributed by atoms with van der Waals surface area (Å²) in [5, 5.41) is 10.0. The van der Waals surface area contributed by atoms with Crippen molar-refractivity contribution >= 4 is 18.2 Å². The van der Waals surface area contributed by atoms with E-state index in [1.165, 1.54) is 12.1 Å². The van der Waals surface area contributed by atoms with Crippen LogP contribution in [-0.2, 0) is 4.57 Å². The van der Waals surface area contributed by atoms with Gasteiger partial charge < -0.3 is 14.6 Å². The maximum Gasteiger partial charge on any atom is 1.00 e. The number of aromatic hydroxyl groups is 1. The Labute approximate surface area is 180 Å². The molecule has 3 aromatic carbocycles. The van der Waals surface area contributed by atoms with Crippen LogP contribution in [0.2, 0.25) is 0 Å². The summed E-state index contributed by atoms with van der Waals surface area (Å²) < 4.78 is 13.1. The Morgan fingerprint density at radius 2 is 1.37 bits per heavy atom. The number of carbonyl (C=O) groups is 1. The summed E-state index contributed by atoms with van der Waals surface area (Å²) >= 11 is 0. The van der Waals surface area contributed by atoms with Crippen molar-refractivity contribution in [2.75, 3.05) is 0 Å². The Kier molecular flexibility index (Phi) is 6.85. The molecule has 0 aromatic heterocycles. The molecular formula is C21H18NaO4P. The van der Waals surface area contributed by atoms with Gasteiger partial charge in [0.05, 0.1) is 0 Å². The summed E-state index contributed by atoms with van der Waals surface area (Å²) in [6.07, 6.45) is 0. The van der Waals surface area contributed by atoms with Crippen molar-refractivity contribution in [2.45, 2.75) is 13.8 Å². The molecule has 6 heteroatoms. The Balaban J connectivity index is 0.00000261. The topological polar surface area (TPSA) is 77.4 Å². The fourth-order valence-corrected chi connectivity index (χ4v) is 4.73. The minimum Gasteiger partial charge on any atom is -0.790 e. The first-order valence-electron chi connectivity index (χ1n) is 8.14. The van der Waals surface area contributed by atoms with Crippen LogP contribution in [-0.4, -0.2) is 10.6 Å². The Morgan fingerprint density at radius 1 is 0.852 bits per heavy atom. The summed E-state index contributed by atoms with van der Waals surface area (Å²) in [7, 11) is -4.63. The van der Waals surface area contributed by atoms with E-state index in [9.17, 15) is 19.4 Å². The zero-order valence-electron chi connectivity index (χ0n) is 15.5. The van der Waals surface area contributed by atoms with Crippen LogP contribution in [0.4, 0.5) is 0 Å². The fraction of sp³-hybridized carbons (Fsp3) is 0.0952. The van der Waals surface area contributed by atoms with Crippen LogP contribution in [0.3, 0.4) is 0 Å². The second-order valence-electron chi connectivity index (χ2n) is 6.16. The number of phenolic OH excluding ortho intramolecular Hbond substituents is 1. The van der Waals surface area contributed by atoms with Crippen LogP contribution in [0, 0.1) is 13.8 Å². The number of carbonyl (C=O) groups excluding carboxylic acids is 1. The van der Waals surface area contributed by atoms with Gasteiger partial charge in [0.2, 0.25) is 5.52 Å². The zero-order valence-corrected chi connectivity index (χ0v) is 18.4. The minimum absolute atomic E-state index is 0. The Morgan fingerprint density at radius 3 is 1.96 bits per heavy atom. The van der Waals surface area contributed by atoms with Gasteiger partial charge in [-0.15, -0.1) is 0 Å². The summed E-state index contributed by atoms with van der Waals surface area (Å²) in [6.45, 7) is 3.43. The molecule has 1 N–H and O–H groups in total. The molecule has 3 aromatic rings. The van der Waals surface area contributed by atoms with Crippen LogP contribution in [0.1, 0.15) is 21.5 Å². The zero-order chi connectivity index (χ0) is 18.9. The number of phenols is 1. The molecule has 3 rings (SSSR count). The molecule has 0 saturated heterocycles. The molecular weight excluding hydrogens is 370 g/mol. The van der Waals surface area contributed by atoms with Gasteiger partial charge in [0, 0.05) is 16.4 Å². The molecule has 0 radical (unpaired) electrons. The van der Waals surface area contributed by atoms with Crippen molar-refractivity contribution in [2.24, 2.45) is 0 Å². The van der Waals surface area contributed by atoms with E-state index in [4.69, 9.17) is 0 Å². The molecule has 0 bridgehead atoms. The largest absolute Gasteiger partial charge is 1.00 e. The molecule has 1 unspecified atom stereocenters. The second kappa shape index (κ2) is 8.55. The van der Waals surface area contributed by atoms with Gasteiger partial charge in [0.25, 0.3) is 0 Å². The molecule has 132 valence electrons. The minimum atomic E-state index is -4.63. The molecule has 27 heavy (non-hydrogen) atoms. The predicted molar refractivity (Wildman–Crippen MR) is 101 cm³/mol. The van der Waals surface area contributed by atoms with Crippen molar-refractivity contribution in [3.8, 4) is 16.9 Å². The van der Waals surface area contributed by atoms with E-state index < -0.39 is 12.9 Å². The summed E-state index contributed by atoms with van der Waals surface area (Å²) in [5.41, 5.74) is 1.21. The van der Waals surface area contributed by atoms with E-state index in [-0.39, 0.29) is 46.2 Å². The van der Waals surface area contributed by atoms with Crippen molar-refractivity contribution in [3.63, 3.8) is 0 Å². The van der Waals surface area contributed by atoms with Crippen LogP contribution in [0.5, 0.6) is 5.75 Å². The predicted octanol–water partition coefficient (Wildman–Crippen LogP) is 0.784. The first kappa shape index (κ1) is 21.6. The van der Waals surface area contributed by atoms with Crippen LogP contribution in [0.25, 0.3) is 11.1 Å². The van der Waals surface area contributed by atoms with Crippen molar-refractivity contribution < 1.29 is 48.9 Å². The molecule has 0 aliphatic rings. The molecule has 4 nitrogen and oxygen atoms in total. The fourth-order valence-electron chi connectivity index (χ4n) is 3.07. The molecule has 0 saturated carbocycles. The third-order valence-electron chi connectivity index (χ3n) is 4.38. The van der Waals surface area contributed by atoms with E-state index in [2.05, 4.69) is 0 Å². The average Bonchev–Trinajstić information content (AvgIpc) is 2.62. The van der Waals surface area contributed by atoms with Gasteiger partial charge in [-0.1, -0.05) is 60.7 Å². The molecule has 0 fully saturated rings. The summed E-state index contributed by atoms with van der Waals surface area (Å²) in [6, 6.07) is 17.9. The smallest absolute Gasteiger partial charge is 0.790 e. The van der Waals surface area contributed by atoms with Gasteiger partial charge in [-0.25, -0.2) is 0 Å². The van der Waals surface area contributed by atoms with E-state index >= 15 is 0 Å². The molecule has 0 aliphatic heterocycles. The normalized spacial score (nSPS) is 12.7. The number of rotatable bonds is 4. The summed E-state index contributed by atoms with van der Waals surface area (Å²) in [5.74, 6) is -0.0422. The number of benzene rings is 3. The van der Waals surface area contributed by atoms with E-state index in [0.717, 1.165) is 0 Å². The maximum absolute atomic E-state index is 13.1. The van der Waals surface area contributed by atoms with Gasteiger partial charge in [0.1, 0.15) is 13.1 Å². The van der Waals surface area contributed by atoms with Crippen LogP contribution >= 0.6 is 7.37 Å². The Hall–Kier alpha value is -1.68. The molecule has 0 amide bonds. The average molecular weight is 388 g/mol. The van der Waals surface area contributed by atoms with Crippen molar-refractivity contribution in [3.05, 3.63) is 83.4 Å². The molecule has 0 aliphatic carbocycles. The Bertz CT molecular complexity index is 1030. The standard InChI is InChI=1S/C21H19O4P.Na/c1-14-8-7-9-15(2)20(14)21(23)26(24,25)19-13-6-4-11-17(19)16-10-3-5-12-18(16)22;/h3-13,22H,1-2H3,(H,24,25);/q;+1/p-1. The van der Waals surface area contributed by atoms with Gasteiger partial charge in [-0.05, 0) is 36.6 Å². The van der Waals surface area contributed by atoms with Crippen molar-refractivity contribution in [1.82, 2.24) is 0 Å². The molecule has 1 atom stereocenters. The van der Waals surface area contributed by atoms with E-state index in [1.807, 2.05) is 0 Å². The molecule has 0 heterocycles. The molecule has 0 spiro atoms. The first-order valence-corrected chi connectivity index (χ1v) is 9.76. The SMILES string of the molecule is Cc1cccc(C)c1C(=O)P(=O)([O-])c1ccccc1-c1ccccc1O.[Na+]. The van der Waals surface area contributed by atoms with E-state index in [0.29, 0.717) is 22.3 Å². The number of hydrogen-bond acceptors (Lipinski definition) is 4. The van der Waals surface area contributed by atoms with Crippen LogP contribution < -0.4 is 39.8 Å². The second-order valence-corrected chi connectivity index (χ2v) is 8.15.